The highest BCUT2D eigenvalue weighted by atomic mass is 31.2. The summed E-state index contributed by atoms with van der Waals surface area (Å²) in [6.07, 6.45) is 60.0. The number of hydrogen-bond donors (Lipinski definition) is 6. The average molecular weight is 1660 g/mol. The second kappa shape index (κ2) is 81.2. The summed E-state index contributed by atoms with van der Waals surface area (Å²) in [5, 5.41) is 16.5. The minimum absolute atomic E-state index is 0.135. The summed E-state index contributed by atoms with van der Waals surface area (Å²) in [4.78, 5) is 94.7. The molecule has 0 rings (SSSR count). The highest BCUT2D eigenvalue weighted by molar-refractivity contribution is 7.48. The van der Waals surface area contributed by atoms with Crippen molar-refractivity contribution < 1.29 is 79.3 Å². The van der Waals surface area contributed by atoms with Crippen molar-refractivity contribution in [1.29, 1.82) is 0 Å². The minimum Gasteiger partial charge on any atom is -0.462 e. The molecule has 25 heteroatoms. The van der Waals surface area contributed by atoms with E-state index in [0.29, 0.717) is 51.4 Å². The molecule has 6 amide bonds. The fourth-order valence-electron chi connectivity index (χ4n) is 13.4. The molecule has 0 aliphatic carbocycles. The van der Waals surface area contributed by atoms with Gasteiger partial charge in [0, 0.05) is 64.7 Å². The van der Waals surface area contributed by atoms with E-state index in [0.717, 1.165) is 154 Å². The summed E-state index contributed by atoms with van der Waals surface area (Å²) in [6.45, 7) is 17.8. The molecule has 0 bridgehead atoms. The van der Waals surface area contributed by atoms with Gasteiger partial charge in [-0.05, 0) is 51.4 Å². The van der Waals surface area contributed by atoms with Crippen molar-refractivity contribution in [2.45, 2.75) is 438 Å². The minimum atomic E-state index is -4.49. The Morgan fingerprint density at radius 2 is 0.553 bits per heavy atom. The molecule has 0 aliphatic rings. The van der Waals surface area contributed by atoms with Crippen LogP contribution in [0.25, 0.3) is 0 Å². The highest BCUT2D eigenvalue weighted by Crippen LogP contribution is 2.50. The van der Waals surface area contributed by atoms with Crippen molar-refractivity contribution in [2.24, 2.45) is 0 Å². The Bertz CT molecular complexity index is 2290. The van der Waals surface area contributed by atoms with Gasteiger partial charge in [0.2, 0.25) is 23.6 Å². The molecule has 0 heterocycles. The van der Waals surface area contributed by atoms with Crippen LogP contribution >= 0.6 is 15.6 Å². The van der Waals surface area contributed by atoms with Crippen LogP contribution in [0.1, 0.15) is 414 Å². The zero-order valence-corrected chi connectivity index (χ0v) is 75.1. The molecule has 668 valence electrons. The molecule has 23 nitrogen and oxygen atoms in total. The number of hydrogen-bond acceptors (Lipinski definition) is 17. The van der Waals surface area contributed by atoms with Crippen LogP contribution in [0, 0.1) is 0 Å². The number of ether oxygens (including phenoxy) is 2. The molecule has 0 aromatic carbocycles. The lowest BCUT2D eigenvalue weighted by atomic mass is 10.1. The Morgan fingerprint density at radius 3 is 0.825 bits per heavy atom. The second-order valence-electron chi connectivity index (χ2n) is 31.3. The van der Waals surface area contributed by atoms with Crippen molar-refractivity contribution in [1.82, 2.24) is 31.9 Å². The van der Waals surface area contributed by atoms with Crippen LogP contribution < -0.4 is 31.9 Å². The molecule has 0 radical (unpaired) electrons. The highest BCUT2D eigenvalue weighted by Gasteiger charge is 2.33. The number of rotatable bonds is 88. The molecule has 0 aromatic rings. The predicted octanol–water partition coefficient (Wildman–Crippen LogP) is 22.7. The van der Waals surface area contributed by atoms with Crippen LogP contribution in [-0.2, 0) is 74.5 Å². The molecule has 0 aliphatic heterocycles. The van der Waals surface area contributed by atoms with E-state index in [4.69, 9.17) is 36.6 Å². The fourth-order valence-corrected chi connectivity index (χ4v) is 15.7. The number of nitrogens with one attached hydrogen (secondary N) is 6. The van der Waals surface area contributed by atoms with E-state index in [1.54, 1.807) is 0 Å². The average Bonchev–Trinajstić information content (AvgIpc) is 0.877. The predicted molar refractivity (Wildman–Crippen MR) is 464 cm³/mol. The SMILES string of the molecule is C=CCOP(=O)(OCCNC(=O)NCCOP(=O)(OCC=C)OCC(NC(=O)CCCCCCCCCCCCC)C(=O)NCCC(CCCCCCC)OC(=O)CCCCCCCCCCC)OCC(NC(=O)CCCCCCCCCCCCC)C(=O)NCCC(CCCCCCC)OC(=O)CCCCCCCCCCC. The molecule has 0 fully saturated rings. The normalized spacial score (nSPS) is 13.5. The monoisotopic (exact) mass is 1660 g/mol. The molecule has 0 saturated carbocycles. The molecule has 0 aromatic heterocycles. The van der Waals surface area contributed by atoms with E-state index in [2.05, 4.69) is 86.6 Å². The number of esters is 2. The van der Waals surface area contributed by atoms with Crippen LogP contribution in [0.2, 0.25) is 0 Å². The number of unbranched alkanes of at least 4 members (excludes halogenated alkanes) is 44. The summed E-state index contributed by atoms with van der Waals surface area (Å²) in [7, 11) is -8.98. The van der Waals surface area contributed by atoms with Gasteiger partial charge in [0.05, 0.1) is 39.6 Å². The number of phosphoric ester groups is 2. The number of urea groups is 1. The van der Waals surface area contributed by atoms with Gasteiger partial charge in [-0.2, -0.15) is 0 Å². The fraction of sp³-hybridized carbons (Fsp3) is 0.876. The Labute approximate surface area is 694 Å². The second-order valence-corrected chi connectivity index (χ2v) is 34.6. The quantitative estimate of drug-likeness (QED) is 0.0143. The number of phosphoric acid groups is 2. The Balaban J connectivity index is 6.14. The molecule has 6 N–H and O–H groups in total. The van der Waals surface area contributed by atoms with Gasteiger partial charge < -0.3 is 41.4 Å². The topological polar surface area (TPSA) is 300 Å². The molecular weight excluding hydrogens is 1490 g/mol. The Kier molecular flexibility index (Phi) is 78.2. The van der Waals surface area contributed by atoms with Crippen molar-refractivity contribution in [3.05, 3.63) is 25.3 Å². The first-order chi connectivity index (χ1) is 55.5. The summed E-state index contributed by atoms with van der Waals surface area (Å²) >= 11 is 0. The smallest absolute Gasteiger partial charge is 0.462 e. The van der Waals surface area contributed by atoms with Gasteiger partial charge in [-0.15, -0.1) is 13.2 Å². The maximum atomic E-state index is 14.2. The maximum absolute atomic E-state index is 14.2. The third-order valence-electron chi connectivity index (χ3n) is 20.4. The van der Waals surface area contributed by atoms with Crippen LogP contribution in [0.3, 0.4) is 0 Å². The first-order valence-corrected chi connectivity index (χ1v) is 49.2. The van der Waals surface area contributed by atoms with E-state index in [-0.39, 0.29) is 76.0 Å². The lowest BCUT2D eigenvalue weighted by molar-refractivity contribution is -0.151. The number of amides is 6. The first-order valence-electron chi connectivity index (χ1n) is 46.3. The summed E-state index contributed by atoms with van der Waals surface area (Å²) < 4.78 is 74.3. The summed E-state index contributed by atoms with van der Waals surface area (Å²) in [5.41, 5.74) is 0. The maximum Gasteiger partial charge on any atom is 0.475 e. The van der Waals surface area contributed by atoms with Gasteiger partial charge in [-0.25, -0.2) is 13.9 Å². The molecule has 6 unspecified atom stereocenters. The van der Waals surface area contributed by atoms with E-state index in [9.17, 15) is 42.7 Å². The number of carbonyl (C=O) groups excluding carboxylic acids is 7. The van der Waals surface area contributed by atoms with Crippen LogP contribution in [-0.4, -0.2) is 132 Å². The molecule has 0 saturated heterocycles. The van der Waals surface area contributed by atoms with Crippen molar-refractivity contribution in [3.63, 3.8) is 0 Å². The van der Waals surface area contributed by atoms with Gasteiger partial charge in [0.25, 0.3) is 0 Å². The third kappa shape index (κ3) is 70.8. The standard InChI is InChI=1S/C89H170N6O17P2/c1-9-17-23-29-33-37-39-43-45-51-57-63-83(96)94-81(87(100)90-69-67-79(61-55-49-27-21-13-5)111-85(98)65-59-53-47-41-35-31-25-19-11-3)77-109-113(103,105-73-15-7)107-75-71-92-89(102)93-72-76-108-114(104,106-74-16-8)110-78-82(95-84(97)64-58-52-46-44-40-38-34-30-24-18-10-2)88(101)91-70-68-80(62-56-50-28-22-14-6)112-86(99)66-60-54-48-42-36-32-26-20-12-4/h15-16,79-82H,7-14,17-78H2,1-6H3,(H,90,100)(H,91,101)(H,94,96)(H,95,97)(H2,92,93,102). The van der Waals surface area contributed by atoms with E-state index in [1.807, 2.05) is 0 Å². The van der Waals surface area contributed by atoms with Gasteiger partial charge in [0.1, 0.15) is 24.3 Å². The van der Waals surface area contributed by atoms with Crippen molar-refractivity contribution >= 4 is 57.2 Å². The summed E-state index contributed by atoms with van der Waals surface area (Å²) in [5.74, 6) is -2.45. The van der Waals surface area contributed by atoms with E-state index in [1.165, 1.54) is 166 Å². The van der Waals surface area contributed by atoms with Crippen molar-refractivity contribution in [2.75, 3.05) is 65.8 Å². The zero-order chi connectivity index (χ0) is 83.7. The third-order valence-corrected chi connectivity index (χ3v) is 23.3. The molecule has 6 atom stereocenters. The molecule has 114 heavy (non-hydrogen) atoms. The number of carbonyl (C=O) groups is 7. The van der Waals surface area contributed by atoms with Gasteiger partial charge >= 0.3 is 33.6 Å². The lowest BCUT2D eigenvalue weighted by Crippen LogP contribution is -2.49. The van der Waals surface area contributed by atoms with Crippen LogP contribution in [0.5, 0.6) is 0 Å². The largest absolute Gasteiger partial charge is 0.475 e. The first kappa shape index (κ1) is 110. The Morgan fingerprint density at radius 1 is 0.298 bits per heavy atom. The molecule has 0 spiro atoms. The van der Waals surface area contributed by atoms with E-state index >= 15 is 0 Å². The van der Waals surface area contributed by atoms with E-state index < -0.39 is 84.2 Å². The van der Waals surface area contributed by atoms with Gasteiger partial charge in [-0.3, -0.25) is 55.9 Å². The summed E-state index contributed by atoms with van der Waals surface area (Å²) in [6, 6.07) is -3.35. The Hall–Kier alpha value is -4.21. The van der Waals surface area contributed by atoms with Crippen LogP contribution in [0.4, 0.5) is 4.79 Å². The van der Waals surface area contributed by atoms with Crippen LogP contribution in [0.15, 0.2) is 25.3 Å². The lowest BCUT2D eigenvalue weighted by Gasteiger charge is -2.23. The molecular formula is C89H170N6O17P2. The van der Waals surface area contributed by atoms with Gasteiger partial charge in [0.15, 0.2) is 0 Å². The van der Waals surface area contributed by atoms with Crippen molar-refractivity contribution in [3.8, 4) is 0 Å². The zero-order valence-electron chi connectivity index (χ0n) is 73.3. The van der Waals surface area contributed by atoms with Gasteiger partial charge in [-0.1, -0.05) is 336 Å².